The van der Waals surface area contributed by atoms with Gasteiger partial charge < -0.3 is 15.0 Å². The monoisotopic (exact) mass is 278 g/mol. The SMILES string of the molecule is COCCCNC(=O)C(=O)c1c[nH]c2cc(F)ccc12. The molecule has 1 aromatic carbocycles. The molecular weight excluding hydrogens is 263 g/mol. The van der Waals surface area contributed by atoms with Gasteiger partial charge in [0.05, 0.1) is 5.56 Å². The number of fused-ring (bicyclic) bond motifs is 1. The van der Waals surface area contributed by atoms with E-state index < -0.39 is 17.5 Å². The molecule has 0 saturated heterocycles. The molecule has 6 heteroatoms. The molecule has 0 atom stereocenters. The van der Waals surface area contributed by atoms with Crippen LogP contribution in [0.25, 0.3) is 10.9 Å². The van der Waals surface area contributed by atoms with E-state index in [-0.39, 0.29) is 5.56 Å². The molecule has 5 nitrogen and oxygen atoms in total. The van der Waals surface area contributed by atoms with Crippen LogP contribution in [0.5, 0.6) is 0 Å². The van der Waals surface area contributed by atoms with Gasteiger partial charge in [-0.25, -0.2) is 4.39 Å². The molecule has 0 saturated carbocycles. The van der Waals surface area contributed by atoms with Crippen LogP contribution in [-0.4, -0.2) is 36.9 Å². The molecule has 0 fully saturated rings. The Morgan fingerprint density at radius 1 is 1.40 bits per heavy atom. The summed E-state index contributed by atoms with van der Waals surface area (Å²) in [5, 5.41) is 3.06. The predicted octanol–water partition coefficient (Wildman–Crippen LogP) is 1.64. The van der Waals surface area contributed by atoms with Gasteiger partial charge in [-0.1, -0.05) is 0 Å². The van der Waals surface area contributed by atoms with E-state index in [0.717, 1.165) is 0 Å². The Balaban J connectivity index is 2.09. The Hall–Kier alpha value is -2.21. The highest BCUT2D eigenvalue weighted by atomic mass is 19.1. The first-order chi connectivity index (χ1) is 9.63. The molecule has 2 aromatic rings. The lowest BCUT2D eigenvalue weighted by molar-refractivity contribution is -0.117. The summed E-state index contributed by atoms with van der Waals surface area (Å²) in [5.41, 5.74) is 0.727. The van der Waals surface area contributed by atoms with Crippen molar-refractivity contribution in [3.05, 3.63) is 35.8 Å². The number of aromatic nitrogens is 1. The third-order valence-electron chi connectivity index (χ3n) is 2.91. The number of benzene rings is 1. The highest BCUT2D eigenvalue weighted by Gasteiger charge is 2.19. The fourth-order valence-corrected chi connectivity index (χ4v) is 1.91. The van der Waals surface area contributed by atoms with Crippen molar-refractivity contribution >= 4 is 22.6 Å². The number of methoxy groups -OCH3 is 1. The molecule has 0 unspecified atom stereocenters. The molecule has 1 heterocycles. The fourth-order valence-electron chi connectivity index (χ4n) is 1.91. The van der Waals surface area contributed by atoms with E-state index in [1.54, 1.807) is 7.11 Å². The number of nitrogens with one attached hydrogen (secondary N) is 2. The van der Waals surface area contributed by atoms with Crippen LogP contribution in [0.4, 0.5) is 4.39 Å². The Morgan fingerprint density at radius 3 is 2.95 bits per heavy atom. The molecule has 106 valence electrons. The molecule has 1 amide bonds. The zero-order valence-corrected chi connectivity index (χ0v) is 11.0. The third kappa shape index (κ3) is 3.03. The van der Waals surface area contributed by atoms with Crippen molar-refractivity contribution < 1.29 is 18.7 Å². The van der Waals surface area contributed by atoms with Gasteiger partial charge in [-0.05, 0) is 24.6 Å². The number of halogens is 1. The van der Waals surface area contributed by atoms with Gasteiger partial charge in [-0.2, -0.15) is 0 Å². The zero-order chi connectivity index (χ0) is 14.5. The van der Waals surface area contributed by atoms with Crippen molar-refractivity contribution in [2.24, 2.45) is 0 Å². The Bertz CT molecular complexity index is 636. The summed E-state index contributed by atoms with van der Waals surface area (Å²) < 4.78 is 17.9. The van der Waals surface area contributed by atoms with E-state index in [1.165, 1.54) is 24.4 Å². The van der Waals surface area contributed by atoms with E-state index in [1.807, 2.05) is 0 Å². The summed E-state index contributed by atoms with van der Waals surface area (Å²) >= 11 is 0. The molecule has 2 rings (SSSR count). The van der Waals surface area contributed by atoms with E-state index >= 15 is 0 Å². The second kappa shape index (κ2) is 6.29. The van der Waals surface area contributed by atoms with Crippen molar-refractivity contribution in [3.63, 3.8) is 0 Å². The fraction of sp³-hybridized carbons (Fsp3) is 0.286. The quantitative estimate of drug-likeness (QED) is 0.479. The maximum Gasteiger partial charge on any atom is 0.292 e. The smallest absolute Gasteiger partial charge is 0.292 e. The first-order valence-corrected chi connectivity index (χ1v) is 6.21. The molecule has 1 aromatic heterocycles. The summed E-state index contributed by atoms with van der Waals surface area (Å²) in [6.07, 6.45) is 2.05. The average Bonchev–Trinajstić information content (AvgIpc) is 2.85. The van der Waals surface area contributed by atoms with Crippen molar-refractivity contribution in [2.45, 2.75) is 6.42 Å². The van der Waals surface area contributed by atoms with E-state index in [4.69, 9.17) is 4.74 Å². The molecule has 0 aliphatic heterocycles. The molecule has 0 aliphatic carbocycles. The largest absolute Gasteiger partial charge is 0.385 e. The van der Waals surface area contributed by atoms with Crippen LogP contribution in [0.15, 0.2) is 24.4 Å². The van der Waals surface area contributed by atoms with Crippen LogP contribution in [0.3, 0.4) is 0 Å². The van der Waals surface area contributed by atoms with Crippen molar-refractivity contribution in [3.8, 4) is 0 Å². The number of Topliss-reactive ketones (excluding diaryl/α,β-unsaturated/α-hetero) is 1. The lowest BCUT2D eigenvalue weighted by atomic mass is 10.1. The van der Waals surface area contributed by atoms with Crippen LogP contribution in [0.2, 0.25) is 0 Å². The second-order valence-corrected chi connectivity index (χ2v) is 4.32. The molecule has 2 N–H and O–H groups in total. The van der Waals surface area contributed by atoms with E-state index in [2.05, 4.69) is 10.3 Å². The second-order valence-electron chi connectivity index (χ2n) is 4.32. The van der Waals surface area contributed by atoms with Crippen LogP contribution >= 0.6 is 0 Å². The maximum atomic E-state index is 13.0. The summed E-state index contributed by atoms with van der Waals surface area (Å²) in [5.74, 6) is -1.71. The molecule has 0 bridgehead atoms. The summed E-state index contributed by atoms with van der Waals surface area (Å²) in [6, 6.07) is 4.01. The van der Waals surface area contributed by atoms with E-state index in [0.29, 0.717) is 30.5 Å². The summed E-state index contributed by atoms with van der Waals surface area (Å²) in [4.78, 5) is 26.5. The maximum absolute atomic E-state index is 13.0. The van der Waals surface area contributed by atoms with Crippen molar-refractivity contribution in [1.29, 1.82) is 0 Å². The molecule has 0 radical (unpaired) electrons. The van der Waals surface area contributed by atoms with Gasteiger partial charge >= 0.3 is 0 Å². The van der Waals surface area contributed by atoms with Gasteiger partial charge in [0.15, 0.2) is 0 Å². The zero-order valence-electron chi connectivity index (χ0n) is 11.0. The Morgan fingerprint density at radius 2 is 2.20 bits per heavy atom. The number of carbonyl (C=O) groups is 2. The number of ether oxygens (including phenoxy) is 1. The number of H-pyrrole nitrogens is 1. The summed E-state index contributed by atoms with van der Waals surface area (Å²) in [7, 11) is 1.57. The minimum atomic E-state index is -0.675. The van der Waals surface area contributed by atoms with Gasteiger partial charge in [0, 0.05) is 37.4 Å². The number of carbonyl (C=O) groups excluding carboxylic acids is 2. The molecule has 0 aliphatic rings. The highest BCUT2D eigenvalue weighted by Crippen LogP contribution is 2.19. The van der Waals surface area contributed by atoms with Gasteiger partial charge in [-0.3, -0.25) is 9.59 Å². The Labute approximate surface area is 115 Å². The average molecular weight is 278 g/mol. The number of hydrogen-bond donors (Lipinski definition) is 2. The topological polar surface area (TPSA) is 71.2 Å². The van der Waals surface area contributed by atoms with Gasteiger partial charge in [0.2, 0.25) is 0 Å². The molecular formula is C14H15FN2O3. The van der Waals surface area contributed by atoms with Gasteiger partial charge in [0.1, 0.15) is 5.82 Å². The first kappa shape index (κ1) is 14.2. The van der Waals surface area contributed by atoms with Crippen molar-refractivity contribution in [2.75, 3.05) is 20.3 Å². The van der Waals surface area contributed by atoms with Crippen LogP contribution in [0.1, 0.15) is 16.8 Å². The lowest BCUT2D eigenvalue weighted by Gasteiger charge is -2.03. The summed E-state index contributed by atoms with van der Waals surface area (Å²) in [6.45, 7) is 0.885. The first-order valence-electron chi connectivity index (χ1n) is 6.21. The number of aromatic amines is 1. The van der Waals surface area contributed by atoms with Crippen LogP contribution < -0.4 is 5.32 Å². The number of ketones is 1. The standard InChI is InChI=1S/C14H15FN2O3/c1-20-6-2-5-16-14(19)13(18)11-8-17-12-7-9(15)3-4-10(11)12/h3-4,7-8,17H,2,5-6H2,1H3,(H,16,19). The minimum absolute atomic E-state index is 0.240. The molecule has 20 heavy (non-hydrogen) atoms. The predicted molar refractivity (Wildman–Crippen MR) is 72.1 cm³/mol. The normalized spacial score (nSPS) is 10.7. The van der Waals surface area contributed by atoms with Crippen LogP contribution in [0, 0.1) is 5.82 Å². The number of hydrogen-bond acceptors (Lipinski definition) is 3. The Kier molecular flexibility index (Phi) is 4.47. The lowest BCUT2D eigenvalue weighted by Crippen LogP contribution is -2.32. The van der Waals surface area contributed by atoms with Crippen LogP contribution in [-0.2, 0) is 9.53 Å². The van der Waals surface area contributed by atoms with Gasteiger partial charge in [0.25, 0.3) is 11.7 Å². The van der Waals surface area contributed by atoms with E-state index in [9.17, 15) is 14.0 Å². The number of amides is 1. The highest BCUT2D eigenvalue weighted by molar-refractivity contribution is 6.44. The number of rotatable bonds is 6. The third-order valence-corrected chi connectivity index (χ3v) is 2.91. The van der Waals surface area contributed by atoms with Gasteiger partial charge in [-0.15, -0.1) is 0 Å². The molecule has 0 spiro atoms. The van der Waals surface area contributed by atoms with Crippen molar-refractivity contribution in [1.82, 2.24) is 10.3 Å². The minimum Gasteiger partial charge on any atom is -0.385 e.